The summed E-state index contributed by atoms with van der Waals surface area (Å²) in [6, 6.07) is 41.9. The number of nitrogens with one attached hydrogen (secondary N) is 1. The SMILES string of the molecule is CC(C)N1CCC2(CC1)CN(C(C)C)C(=O)[C@@H](C)O2.CC(C)N1CCC2(CC1)NCCc1ccccc12.CC(C)N1CCCCC1.CC(C)N1CCN(c2ccccc2)CC1.CC(C)N1CCc2ccccc2C1.Cc1cccc(C2CCN(C(C)C)CC2)c1. The highest BCUT2D eigenvalue weighted by atomic mass is 16.5. The molecular formula is C79H129N9O2. The van der Waals surface area contributed by atoms with E-state index in [4.69, 9.17) is 4.74 Å². The van der Waals surface area contributed by atoms with Crippen LogP contribution in [0.5, 0.6) is 0 Å². The zero-order chi connectivity index (χ0) is 65.0. The number of morpholine rings is 1. The van der Waals surface area contributed by atoms with Crippen LogP contribution in [0.25, 0.3) is 0 Å². The van der Waals surface area contributed by atoms with Gasteiger partial charge in [-0.05, 0) is 247 Å². The van der Waals surface area contributed by atoms with Gasteiger partial charge in [-0.1, -0.05) is 103 Å². The van der Waals surface area contributed by atoms with Gasteiger partial charge in [-0.2, -0.15) is 0 Å². The number of ether oxygens (including phenoxy) is 1. The van der Waals surface area contributed by atoms with Crippen LogP contribution in [-0.4, -0.2) is 192 Å². The minimum Gasteiger partial charge on any atom is -0.369 e. The van der Waals surface area contributed by atoms with Gasteiger partial charge >= 0.3 is 0 Å². The number of piperazine rings is 1. The van der Waals surface area contributed by atoms with Crippen molar-refractivity contribution in [3.8, 4) is 0 Å². The van der Waals surface area contributed by atoms with Gasteiger partial charge in [0.2, 0.25) is 0 Å². The van der Waals surface area contributed by atoms with Gasteiger partial charge in [0.25, 0.3) is 5.91 Å². The first-order valence-electron chi connectivity index (χ1n) is 36.3. The number of amides is 1. The van der Waals surface area contributed by atoms with Crippen LogP contribution in [0.3, 0.4) is 0 Å². The molecule has 2 spiro atoms. The van der Waals surface area contributed by atoms with Crippen molar-refractivity contribution in [3.05, 3.63) is 137 Å². The molecule has 12 rings (SSSR count). The van der Waals surface area contributed by atoms with E-state index in [0.717, 1.165) is 70.6 Å². The molecule has 0 unspecified atom stereocenters. The molecule has 4 aromatic rings. The second-order valence-corrected chi connectivity index (χ2v) is 29.7. The minimum atomic E-state index is -0.290. The van der Waals surface area contributed by atoms with E-state index in [1.807, 2.05) is 11.8 Å². The molecule has 0 saturated carbocycles. The van der Waals surface area contributed by atoms with E-state index in [9.17, 15) is 4.79 Å². The first kappa shape index (κ1) is 73.2. The maximum atomic E-state index is 12.2. The van der Waals surface area contributed by atoms with Gasteiger partial charge in [0, 0.05) is 126 Å². The molecule has 8 heterocycles. The second kappa shape index (κ2) is 35.9. The van der Waals surface area contributed by atoms with E-state index in [-0.39, 0.29) is 29.2 Å². The Morgan fingerprint density at radius 1 is 0.467 bits per heavy atom. The van der Waals surface area contributed by atoms with Gasteiger partial charge in [-0.3, -0.25) is 14.6 Å². The van der Waals surface area contributed by atoms with Crippen molar-refractivity contribution in [2.45, 2.75) is 253 Å². The van der Waals surface area contributed by atoms with Crippen LogP contribution in [0.4, 0.5) is 5.69 Å². The number of carbonyl (C=O) groups is 1. The maximum absolute atomic E-state index is 12.2. The quantitative estimate of drug-likeness (QED) is 0.175. The predicted molar refractivity (Wildman–Crippen MR) is 383 cm³/mol. The number of hydrogen-bond donors (Lipinski definition) is 1. The molecule has 90 heavy (non-hydrogen) atoms. The van der Waals surface area contributed by atoms with Crippen LogP contribution in [0, 0.1) is 6.92 Å². The van der Waals surface area contributed by atoms with Crippen molar-refractivity contribution in [1.29, 1.82) is 0 Å². The van der Waals surface area contributed by atoms with Crippen molar-refractivity contribution < 1.29 is 9.53 Å². The van der Waals surface area contributed by atoms with Gasteiger partial charge in [-0.25, -0.2) is 0 Å². The van der Waals surface area contributed by atoms with Crippen LogP contribution in [0.2, 0.25) is 0 Å². The lowest BCUT2D eigenvalue weighted by Crippen LogP contribution is -2.63. The molecule has 502 valence electrons. The van der Waals surface area contributed by atoms with E-state index in [1.54, 1.807) is 22.3 Å². The Morgan fingerprint density at radius 3 is 1.51 bits per heavy atom. The normalized spacial score (nSPS) is 22.0. The number of nitrogens with zero attached hydrogens (tertiary/aromatic N) is 8. The fourth-order valence-corrected chi connectivity index (χ4v) is 15.1. The summed E-state index contributed by atoms with van der Waals surface area (Å²) in [7, 11) is 0. The lowest BCUT2D eigenvalue weighted by atomic mass is 9.75. The Morgan fingerprint density at radius 2 is 0.967 bits per heavy atom. The highest BCUT2D eigenvalue weighted by Gasteiger charge is 2.46. The molecular weight excluding hydrogens is 1110 g/mol. The summed E-state index contributed by atoms with van der Waals surface area (Å²) in [6.45, 7) is 54.3. The van der Waals surface area contributed by atoms with Crippen LogP contribution >= 0.6 is 0 Å². The van der Waals surface area contributed by atoms with Crippen molar-refractivity contribution >= 4 is 11.6 Å². The topological polar surface area (TPSA) is 64.3 Å². The molecule has 8 aliphatic heterocycles. The standard InChI is InChI=1S/C16H24N2.C15H28N2O2.C15H23N.C13H20N2.C12H17N.C8H17N/c1-13(2)18-11-8-16(9-12-18)15-6-4-3-5-14(15)7-10-17-16;1-11(2)16-8-6-15(7-9-16)10-17(12(3)4)14(18)13(5)19-15;1-12(2)16-9-7-14(8-10-16)15-6-4-5-13(3)11-15;1-12(2)14-8-10-15(11-9-14)13-6-4-3-5-7-13;1-10(2)13-8-7-11-5-3-4-6-12(11)9-13;1-8(2)9-6-4-3-5-7-9/h3-6,13,17H,7-12H2,1-2H3;11-13H,6-10H2,1-5H3;4-6,11-12,14H,7-10H2,1-3H3;3-7,12H,8-11H2,1-2H3;3-6,10H,7-9H2,1-2H3;8H,3-7H2,1-2H3/t;13-;;;;/m.1..../s1. The molecule has 6 fully saturated rings. The highest BCUT2D eigenvalue weighted by molar-refractivity contribution is 5.81. The van der Waals surface area contributed by atoms with Crippen molar-refractivity contribution in [3.63, 3.8) is 0 Å². The Kier molecular flexibility index (Phi) is 29.2. The fourth-order valence-electron chi connectivity index (χ4n) is 15.1. The third-order valence-electron chi connectivity index (χ3n) is 21.3. The number of likely N-dealkylation sites (tertiary alicyclic amines) is 4. The Balaban J connectivity index is 0.000000155. The van der Waals surface area contributed by atoms with Gasteiger partial charge in [-0.15, -0.1) is 0 Å². The van der Waals surface area contributed by atoms with Crippen molar-refractivity contribution in [1.82, 2.24) is 39.6 Å². The fraction of sp³-hybridized carbons (Fsp3) is 0.684. The summed E-state index contributed by atoms with van der Waals surface area (Å²) in [5, 5.41) is 3.82. The Bertz CT molecular complexity index is 2650. The molecule has 11 nitrogen and oxygen atoms in total. The number of carbonyl (C=O) groups excluding carboxylic acids is 1. The predicted octanol–water partition coefficient (Wildman–Crippen LogP) is 14.6. The van der Waals surface area contributed by atoms with Crippen molar-refractivity contribution in [2.24, 2.45) is 0 Å². The molecule has 0 aliphatic carbocycles. The summed E-state index contributed by atoms with van der Waals surface area (Å²) in [4.78, 5) is 31.9. The molecule has 0 bridgehead atoms. The van der Waals surface area contributed by atoms with Crippen molar-refractivity contribution in [2.75, 3.05) is 103 Å². The molecule has 0 aromatic heterocycles. The van der Waals surface area contributed by atoms with E-state index in [0.29, 0.717) is 30.2 Å². The number of hydrogen-bond acceptors (Lipinski definition) is 10. The Labute approximate surface area is 551 Å². The average molecular weight is 1240 g/mol. The minimum absolute atomic E-state index is 0.108. The largest absolute Gasteiger partial charge is 0.369 e. The summed E-state index contributed by atoms with van der Waals surface area (Å²) in [5.74, 6) is 0.932. The zero-order valence-electron chi connectivity index (χ0n) is 60.0. The number of rotatable bonds is 9. The Hall–Kier alpha value is -4.17. The molecule has 1 N–H and O–H groups in total. The summed E-state index contributed by atoms with van der Waals surface area (Å²) < 4.78 is 6.12. The van der Waals surface area contributed by atoms with Crippen LogP contribution in [0.1, 0.15) is 201 Å². The first-order chi connectivity index (χ1) is 43.1. The number of benzene rings is 4. The van der Waals surface area contributed by atoms with E-state index >= 15 is 0 Å². The van der Waals surface area contributed by atoms with Gasteiger partial charge in [0.05, 0.1) is 12.1 Å². The third kappa shape index (κ3) is 21.4. The zero-order valence-corrected chi connectivity index (χ0v) is 60.0. The van der Waals surface area contributed by atoms with Crippen LogP contribution < -0.4 is 10.2 Å². The van der Waals surface area contributed by atoms with E-state index < -0.39 is 0 Å². The van der Waals surface area contributed by atoms with Gasteiger partial charge < -0.3 is 39.5 Å². The van der Waals surface area contributed by atoms with E-state index in [1.165, 1.54) is 134 Å². The molecule has 1 atom stereocenters. The molecule has 4 aromatic carbocycles. The lowest BCUT2D eigenvalue weighted by Gasteiger charge is -2.50. The van der Waals surface area contributed by atoms with Gasteiger partial charge in [0.15, 0.2) is 0 Å². The number of aryl methyl sites for hydroxylation is 1. The molecule has 0 radical (unpaired) electrons. The highest BCUT2D eigenvalue weighted by Crippen LogP contribution is 2.38. The number of para-hydroxylation sites is 1. The smallest absolute Gasteiger partial charge is 0.251 e. The monoisotopic (exact) mass is 1240 g/mol. The molecule has 8 aliphatic rings. The molecule has 1 amide bonds. The average Bonchev–Trinajstić information content (AvgIpc) is 0.869. The van der Waals surface area contributed by atoms with Crippen LogP contribution in [-0.2, 0) is 34.5 Å². The molecule has 6 saturated heterocycles. The number of anilines is 1. The van der Waals surface area contributed by atoms with Gasteiger partial charge in [0.1, 0.15) is 6.10 Å². The first-order valence-corrected chi connectivity index (χ1v) is 36.3. The number of fused-ring (bicyclic) bond motifs is 3. The van der Waals surface area contributed by atoms with Crippen LogP contribution in [0.15, 0.2) is 103 Å². The lowest BCUT2D eigenvalue weighted by molar-refractivity contribution is -0.193. The molecule has 11 heteroatoms. The third-order valence-corrected chi connectivity index (χ3v) is 21.3. The number of piperidine rings is 4. The van der Waals surface area contributed by atoms with E-state index in [2.05, 4.69) is 247 Å². The maximum Gasteiger partial charge on any atom is 0.251 e. The summed E-state index contributed by atoms with van der Waals surface area (Å²) in [5.41, 5.74) is 10.6. The second-order valence-electron chi connectivity index (χ2n) is 29.7. The summed E-state index contributed by atoms with van der Waals surface area (Å²) >= 11 is 0. The summed E-state index contributed by atoms with van der Waals surface area (Å²) in [6.07, 6.45) is 13.6.